The highest BCUT2D eigenvalue weighted by Gasteiger charge is 2.09. The molecule has 2 aromatic carbocycles. The summed E-state index contributed by atoms with van der Waals surface area (Å²) >= 11 is 0. The average molecular weight is 301 g/mol. The summed E-state index contributed by atoms with van der Waals surface area (Å²) in [5.74, 6) is 0.810. The summed E-state index contributed by atoms with van der Waals surface area (Å²) in [6, 6.07) is 15.0. The van der Waals surface area contributed by atoms with E-state index in [-0.39, 0.29) is 5.75 Å². The highest BCUT2D eigenvalue weighted by Crippen LogP contribution is 2.23. The smallest absolute Gasteiger partial charge is 0.232 e. The Morgan fingerprint density at radius 1 is 1.14 bits per heavy atom. The molecule has 0 spiro atoms. The van der Waals surface area contributed by atoms with Gasteiger partial charge in [0.05, 0.1) is 22.5 Å². The molecule has 0 fully saturated rings. The van der Waals surface area contributed by atoms with Gasteiger partial charge in [0.1, 0.15) is 5.82 Å². The zero-order valence-electron chi connectivity index (χ0n) is 11.5. The first-order valence-corrected chi connectivity index (χ1v) is 8.28. The Kier molecular flexibility index (Phi) is 3.39. The van der Waals surface area contributed by atoms with Gasteiger partial charge in [-0.2, -0.15) is 0 Å². The van der Waals surface area contributed by atoms with Crippen molar-refractivity contribution >= 4 is 26.7 Å². The number of nitrogens with one attached hydrogen (secondary N) is 2. The summed E-state index contributed by atoms with van der Waals surface area (Å²) in [4.78, 5) is 7.72. The Bertz CT molecular complexity index is 870. The third kappa shape index (κ3) is 2.90. The molecule has 1 aromatic heterocycles. The van der Waals surface area contributed by atoms with E-state index in [1.165, 1.54) is 0 Å². The zero-order valence-corrected chi connectivity index (χ0v) is 12.3. The minimum Gasteiger partial charge on any atom is -0.338 e. The second kappa shape index (κ2) is 5.21. The van der Waals surface area contributed by atoms with Crippen LogP contribution in [0.15, 0.2) is 48.5 Å². The van der Waals surface area contributed by atoms with Crippen molar-refractivity contribution in [1.82, 2.24) is 9.97 Å². The van der Waals surface area contributed by atoms with Crippen molar-refractivity contribution in [3.05, 3.63) is 48.5 Å². The molecule has 1 heterocycles. The van der Waals surface area contributed by atoms with Crippen LogP contribution in [0, 0.1) is 0 Å². The van der Waals surface area contributed by atoms with E-state index in [0.29, 0.717) is 5.69 Å². The SMILES string of the molecule is CCS(=O)(=O)Nc1ccc2nc(-c3ccccc3)[nH]c2c1. The first-order valence-electron chi connectivity index (χ1n) is 6.63. The van der Waals surface area contributed by atoms with Crippen LogP contribution in [0.1, 0.15) is 6.92 Å². The van der Waals surface area contributed by atoms with Crippen LogP contribution in [0.3, 0.4) is 0 Å². The fourth-order valence-corrected chi connectivity index (χ4v) is 2.69. The van der Waals surface area contributed by atoms with Crippen LogP contribution in [0.25, 0.3) is 22.4 Å². The molecule has 0 aliphatic carbocycles. The number of hydrogen-bond acceptors (Lipinski definition) is 3. The maximum absolute atomic E-state index is 11.6. The Morgan fingerprint density at radius 3 is 2.62 bits per heavy atom. The molecular formula is C15H15N3O2S. The predicted octanol–water partition coefficient (Wildman–Crippen LogP) is 2.99. The second-order valence-corrected chi connectivity index (χ2v) is 6.70. The molecular weight excluding hydrogens is 286 g/mol. The van der Waals surface area contributed by atoms with Crippen molar-refractivity contribution in [2.24, 2.45) is 0 Å². The molecule has 0 saturated carbocycles. The second-order valence-electron chi connectivity index (χ2n) is 4.69. The molecule has 0 saturated heterocycles. The zero-order chi connectivity index (χ0) is 14.9. The number of aromatic amines is 1. The van der Waals surface area contributed by atoms with Gasteiger partial charge in [-0.05, 0) is 25.1 Å². The summed E-state index contributed by atoms with van der Waals surface area (Å²) in [5.41, 5.74) is 3.12. The van der Waals surface area contributed by atoms with Crippen LogP contribution in [-0.4, -0.2) is 24.1 Å². The molecule has 0 aliphatic rings. The van der Waals surface area contributed by atoms with Crippen LogP contribution in [0.2, 0.25) is 0 Å². The molecule has 0 atom stereocenters. The van der Waals surface area contributed by atoms with Crippen molar-refractivity contribution < 1.29 is 8.42 Å². The van der Waals surface area contributed by atoms with Crippen LogP contribution < -0.4 is 4.72 Å². The number of rotatable bonds is 4. The number of imidazole rings is 1. The normalized spacial score (nSPS) is 11.7. The number of H-pyrrole nitrogens is 1. The number of aromatic nitrogens is 2. The van der Waals surface area contributed by atoms with Gasteiger partial charge in [0.2, 0.25) is 10.0 Å². The number of benzene rings is 2. The molecule has 108 valence electrons. The lowest BCUT2D eigenvalue weighted by atomic mass is 10.2. The molecule has 5 nitrogen and oxygen atoms in total. The third-order valence-electron chi connectivity index (χ3n) is 3.18. The van der Waals surface area contributed by atoms with Gasteiger partial charge in [-0.25, -0.2) is 13.4 Å². The van der Waals surface area contributed by atoms with Gasteiger partial charge in [-0.15, -0.1) is 0 Å². The molecule has 21 heavy (non-hydrogen) atoms. The average Bonchev–Trinajstić information content (AvgIpc) is 2.91. The Labute approximate surface area is 123 Å². The van der Waals surface area contributed by atoms with Crippen molar-refractivity contribution in [2.45, 2.75) is 6.92 Å². The Hall–Kier alpha value is -2.34. The molecule has 0 amide bonds. The van der Waals surface area contributed by atoms with Crippen LogP contribution in [0.5, 0.6) is 0 Å². The third-order valence-corrected chi connectivity index (χ3v) is 4.49. The van der Waals surface area contributed by atoms with E-state index in [1.807, 2.05) is 30.3 Å². The van der Waals surface area contributed by atoms with E-state index in [1.54, 1.807) is 25.1 Å². The number of fused-ring (bicyclic) bond motifs is 1. The molecule has 3 rings (SSSR count). The fraction of sp³-hybridized carbons (Fsp3) is 0.133. The highest BCUT2D eigenvalue weighted by molar-refractivity contribution is 7.92. The van der Waals surface area contributed by atoms with E-state index in [4.69, 9.17) is 0 Å². The summed E-state index contributed by atoms with van der Waals surface area (Å²) in [6.07, 6.45) is 0. The first-order chi connectivity index (χ1) is 10.1. The van der Waals surface area contributed by atoms with E-state index < -0.39 is 10.0 Å². The van der Waals surface area contributed by atoms with Crippen LogP contribution >= 0.6 is 0 Å². The van der Waals surface area contributed by atoms with Crippen molar-refractivity contribution in [1.29, 1.82) is 0 Å². The van der Waals surface area contributed by atoms with E-state index >= 15 is 0 Å². The topological polar surface area (TPSA) is 74.8 Å². The first kappa shape index (κ1) is 13.6. The van der Waals surface area contributed by atoms with E-state index in [2.05, 4.69) is 14.7 Å². The molecule has 2 N–H and O–H groups in total. The minimum atomic E-state index is -3.27. The highest BCUT2D eigenvalue weighted by atomic mass is 32.2. The molecule has 0 aliphatic heterocycles. The van der Waals surface area contributed by atoms with E-state index in [9.17, 15) is 8.42 Å². The van der Waals surface area contributed by atoms with Gasteiger partial charge in [0.25, 0.3) is 0 Å². The van der Waals surface area contributed by atoms with Gasteiger partial charge < -0.3 is 4.98 Å². The maximum atomic E-state index is 11.6. The number of hydrogen-bond donors (Lipinski definition) is 2. The quantitative estimate of drug-likeness (QED) is 0.778. The molecule has 3 aromatic rings. The monoisotopic (exact) mass is 301 g/mol. The molecule has 6 heteroatoms. The summed E-state index contributed by atoms with van der Waals surface area (Å²) < 4.78 is 25.7. The summed E-state index contributed by atoms with van der Waals surface area (Å²) in [7, 11) is -3.27. The van der Waals surface area contributed by atoms with Gasteiger partial charge in [-0.1, -0.05) is 30.3 Å². The van der Waals surface area contributed by atoms with Gasteiger partial charge in [0.15, 0.2) is 0 Å². The van der Waals surface area contributed by atoms with Crippen LogP contribution in [0.4, 0.5) is 5.69 Å². The lowest BCUT2D eigenvalue weighted by Crippen LogP contribution is -2.14. The summed E-state index contributed by atoms with van der Waals surface area (Å²) in [6.45, 7) is 1.60. The summed E-state index contributed by atoms with van der Waals surface area (Å²) in [5, 5.41) is 0. The standard InChI is InChI=1S/C15H15N3O2S/c1-2-21(19,20)18-12-8-9-13-14(10-12)17-15(16-13)11-6-4-3-5-7-11/h3-10,18H,2H2,1H3,(H,16,17). The number of nitrogens with zero attached hydrogens (tertiary/aromatic N) is 1. The van der Waals surface area contributed by atoms with E-state index in [0.717, 1.165) is 22.4 Å². The van der Waals surface area contributed by atoms with Crippen molar-refractivity contribution in [3.63, 3.8) is 0 Å². The lowest BCUT2D eigenvalue weighted by Gasteiger charge is -2.05. The molecule has 0 unspecified atom stereocenters. The number of anilines is 1. The minimum absolute atomic E-state index is 0.0449. The Morgan fingerprint density at radius 2 is 1.90 bits per heavy atom. The van der Waals surface area contributed by atoms with Gasteiger partial charge >= 0.3 is 0 Å². The van der Waals surface area contributed by atoms with Gasteiger partial charge in [-0.3, -0.25) is 4.72 Å². The van der Waals surface area contributed by atoms with Crippen molar-refractivity contribution in [2.75, 3.05) is 10.5 Å². The number of sulfonamides is 1. The molecule has 0 bridgehead atoms. The molecule has 0 radical (unpaired) electrons. The largest absolute Gasteiger partial charge is 0.338 e. The van der Waals surface area contributed by atoms with Crippen molar-refractivity contribution in [3.8, 4) is 11.4 Å². The van der Waals surface area contributed by atoms with Gasteiger partial charge in [0, 0.05) is 5.56 Å². The maximum Gasteiger partial charge on any atom is 0.232 e. The fourth-order valence-electron chi connectivity index (χ4n) is 2.06. The van der Waals surface area contributed by atoms with Crippen LogP contribution in [-0.2, 0) is 10.0 Å². The predicted molar refractivity (Wildman–Crippen MR) is 84.6 cm³/mol. The Balaban J connectivity index is 2.00. The lowest BCUT2D eigenvalue weighted by molar-refractivity contribution is 0.602.